The van der Waals surface area contributed by atoms with E-state index in [-0.39, 0.29) is 5.69 Å². The lowest BCUT2D eigenvalue weighted by atomic mass is 10.1. The Morgan fingerprint density at radius 2 is 2.25 bits per heavy atom. The van der Waals surface area contributed by atoms with Gasteiger partial charge in [0.05, 0.1) is 4.92 Å². The fourth-order valence-electron chi connectivity index (χ4n) is 2.45. The van der Waals surface area contributed by atoms with Crippen molar-refractivity contribution in [2.24, 2.45) is 5.84 Å². The molecule has 1 saturated carbocycles. The van der Waals surface area contributed by atoms with Gasteiger partial charge in [0.2, 0.25) is 0 Å². The van der Waals surface area contributed by atoms with Crippen molar-refractivity contribution in [3.05, 3.63) is 33.9 Å². The third-order valence-electron chi connectivity index (χ3n) is 3.71. The van der Waals surface area contributed by atoms with Crippen LogP contribution in [0.1, 0.15) is 38.2 Å². The first-order chi connectivity index (χ1) is 9.67. The number of hydrogen-bond acceptors (Lipinski definition) is 5. The van der Waals surface area contributed by atoms with E-state index in [1.807, 2.05) is 6.07 Å². The highest BCUT2D eigenvalue weighted by molar-refractivity contribution is 5.65. The average molecular weight is 278 g/mol. The van der Waals surface area contributed by atoms with Crippen LogP contribution in [0, 0.1) is 10.1 Å². The van der Waals surface area contributed by atoms with E-state index in [9.17, 15) is 10.1 Å². The Balaban J connectivity index is 2.18. The maximum Gasteiger partial charge on any atom is 0.293 e. The minimum absolute atomic E-state index is 0.0382. The van der Waals surface area contributed by atoms with Crippen molar-refractivity contribution in [1.29, 1.82) is 0 Å². The van der Waals surface area contributed by atoms with Crippen LogP contribution in [0.5, 0.6) is 0 Å². The molecule has 0 saturated heterocycles. The van der Waals surface area contributed by atoms with Crippen molar-refractivity contribution in [3.8, 4) is 0 Å². The summed E-state index contributed by atoms with van der Waals surface area (Å²) in [7, 11) is 0. The Morgan fingerprint density at radius 3 is 2.80 bits per heavy atom. The van der Waals surface area contributed by atoms with Gasteiger partial charge in [-0.05, 0) is 31.4 Å². The van der Waals surface area contributed by atoms with Crippen LogP contribution in [0.4, 0.5) is 11.4 Å². The molecule has 0 aromatic heterocycles. The second-order valence-electron chi connectivity index (χ2n) is 5.27. The lowest BCUT2D eigenvalue weighted by Crippen LogP contribution is -2.27. The summed E-state index contributed by atoms with van der Waals surface area (Å²) < 4.78 is 0. The molecule has 2 rings (SSSR count). The van der Waals surface area contributed by atoms with Gasteiger partial charge < -0.3 is 5.43 Å². The van der Waals surface area contributed by atoms with Crippen molar-refractivity contribution in [2.45, 2.75) is 45.2 Å². The van der Waals surface area contributed by atoms with Gasteiger partial charge in [-0.15, -0.1) is 0 Å². The summed E-state index contributed by atoms with van der Waals surface area (Å²) in [4.78, 5) is 13.0. The maximum atomic E-state index is 11.0. The van der Waals surface area contributed by atoms with Crippen LogP contribution in [-0.4, -0.2) is 22.4 Å². The second-order valence-corrected chi connectivity index (χ2v) is 5.27. The Labute approximate surface area is 119 Å². The molecule has 0 radical (unpaired) electrons. The molecule has 6 nitrogen and oxygen atoms in total. The molecule has 20 heavy (non-hydrogen) atoms. The Hall–Kier alpha value is -1.66. The van der Waals surface area contributed by atoms with Gasteiger partial charge in [-0.1, -0.05) is 25.5 Å². The van der Waals surface area contributed by atoms with E-state index in [0.29, 0.717) is 18.3 Å². The molecule has 0 unspecified atom stereocenters. The van der Waals surface area contributed by atoms with Crippen molar-refractivity contribution in [1.82, 2.24) is 4.90 Å². The van der Waals surface area contributed by atoms with Crippen LogP contribution in [-0.2, 0) is 6.54 Å². The number of rotatable bonds is 8. The van der Waals surface area contributed by atoms with Gasteiger partial charge in [0.15, 0.2) is 0 Å². The summed E-state index contributed by atoms with van der Waals surface area (Å²) in [6.45, 7) is 3.92. The second kappa shape index (κ2) is 6.67. The predicted molar refractivity (Wildman–Crippen MR) is 79.2 cm³/mol. The van der Waals surface area contributed by atoms with Crippen LogP contribution < -0.4 is 11.3 Å². The van der Waals surface area contributed by atoms with E-state index in [4.69, 9.17) is 5.84 Å². The molecular weight excluding hydrogens is 256 g/mol. The molecule has 110 valence electrons. The minimum Gasteiger partial charge on any atom is -0.318 e. The van der Waals surface area contributed by atoms with E-state index < -0.39 is 4.92 Å². The van der Waals surface area contributed by atoms with Crippen molar-refractivity contribution < 1.29 is 4.92 Å². The van der Waals surface area contributed by atoms with E-state index in [2.05, 4.69) is 17.2 Å². The zero-order valence-electron chi connectivity index (χ0n) is 11.8. The Bertz CT molecular complexity index is 474. The van der Waals surface area contributed by atoms with Crippen LogP contribution in [0.2, 0.25) is 0 Å². The molecule has 0 spiro atoms. The van der Waals surface area contributed by atoms with Gasteiger partial charge in [0.1, 0.15) is 5.69 Å². The quantitative estimate of drug-likeness (QED) is 0.434. The average Bonchev–Trinajstić information content (AvgIpc) is 3.27. The van der Waals surface area contributed by atoms with Gasteiger partial charge in [-0.3, -0.25) is 20.9 Å². The highest BCUT2D eigenvalue weighted by atomic mass is 16.6. The number of hydrogen-bond donors (Lipinski definition) is 2. The largest absolute Gasteiger partial charge is 0.318 e. The predicted octanol–water partition coefficient (Wildman–Crippen LogP) is 2.64. The van der Waals surface area contributed by atoms with Gasteiger partial charge in [-0.25, -0.2) is 0 Å². The number of nitrogens with zero attached hydrogens (tertiary/aromatic N) is 2. The van der Waals surface area contributed by atoms with E-state index in [1.165, 1.54) is 18.9 Å². The van der Waals surface area contributed by atoms with Crippen molar-refractivity contribution in [3.63, 3.8) is 0 Å². The third-order valence-corrected chi connectivity index (χ3v) is 3.71. The van der Waals surface area contributed by atoms with Crippen LogP contribution in [0.3, 0.4) is 0 Å². The van der Waals surface area contributed by atoms with Crippen LogP contribution in [0.25, 0.3) is 0 Å². The number of nitrogen functional groups attached to an aromatic ring is 1. The SMILES string of the molecule is CCCCN(Cc1cccc([N+](=O)[O-])c1NN)C1CC1. The van der Waals surface area contributed by atoms with Gasteiger partial charge >= 0.3 is 0 Å². The molecule has 1 aromatic carbocycles. The molecule has 0 aliphatic heterocycles. The minimum atomic E-state index is -0.397. The van der Waals surface area contributed by atoms with E-state index in [1.54, 1.807) is 6.07 Å². The monoisotopic (exact) mass is 278 g/mol. The molecule has 1 aromatic rings. The Morgan fingerprint density at radius 1 is 1.50 bits per heavy atom. The number of hydrazine groups is 1. The summed E-state index contributed by atoms with van der Waals surface area (Å²) in [5.74, 6) is 5.48. The summed E-state index contributed by atoms with van der Waals surface area (Å²) in [6.07, 6.45) is 4.75. The van der Waals surface area contributed by atoms with Gasteiger partial charge in [0.25, 0.3) is 5.69 Å². The number of nitro benzene ring substituents is 1. The van der Waals surface area contributed by atoms with Gasteiger partial charge in [-0.2, -0.15) is 0 Å². The molecule has 3 N–H and O–H groups in total. The molecule has 1 aliphatic rings. The smallest absolute Gasteiger partial charge is 0.293 e. The standard InChI is InChI=1S/C14H22N4O2/c1-2-3-9-17(12-7-8-12)10-11-5-4-6-13(18(19)20)14(11)16-15/h4-6,12,16H,2-3,7-10,15H2,1H3. The van der Waals surface area contributed by atoms with E-state index in [0.717, 1.165) is 24.9 Å². The number of unbranched alkanes of at least 4 members (excludes halogenated alkanes) is 1. The molecule has 0 amide bonds. The zero-order chi connectivity index (χ0) is 14.5. The Kier molecular flexibility index (Phi) is 4.92. The van der Waals surface area contributed by atoms with E-state index >= 15 is 0 Å². The molecule has 1 fully saturated rings. The number of anilines is 1. The number of nitro groups is 1. The highest BCUT2D eigenvalue weighted by Crippen LogP contribution is 2.32. The fourth-order valence-corrected chi connectivity index (χ4v) is 2.45. The van der Waals surface area contributed by atoms with Crippen molar-refractivity contribution in [2.75, 3.05) is 12.0 Å². The zero-order valence-corrected chi connectivity index (χ0v) is 11.8. The first-order valence-electron chi connectivity index (χ1n) is 7.14. The first kappa shape index (κ1) is 14.7. The third kappa shape index (κ3) is 3.46. The highest BCUT2D eigenvalue weighted by Gasteiger charge is 2.29. The molecular formula is C14H22N4O2. The number of nitrogens with two attached hydrogens (primary N) is 1. The number of nitrogens with one attached hydrogen (secondary N) is 1. The van der Waals surface area contributed by atoms with Crippen LogP contribution >= 0.6 is 0 Å². The number of para-hydroxylation sites is 1. The first-order valence-corrected chi connectivity index (χ1v) is 7.14. The summed E-state index contributed by atoms with van der Waals surface area (Å²) in [5, 5.41) is 11.0. The summed E-state index contributed by atoms with van der Waals surface area (Å²) >= 11 is 0. The van der Waals surface area contributed by atoms with Crippen molar-refractivity contribution >= 4 is 11.4 Å². The normalized spacial score (nSPS) is 14.6. The molecule has 1 aliphatic carbocycles. The summed E-state index contributed by atoms with van der Waals surface area (Å²) in [6, 6.07) is 5.74. The molecule has 6 heteroatoms. The molecule has 0 bridgehead atoms. The van der Waals surface area contributed by atoms with Crippen LogP contribution in [0.15, 0.2) is 18.2 Å². The topological polar surface area (TPSA) is 84.4 Å². The summed E-state index contributed by atoms with van der Waals surface area (Å²) in [5.41, 5.74) is 3.86. The lowest BCUT2D eigenvalue weighted by Gasteiger charge is -2.23. The molecule has 0 heterocycles. The fraction of sp³-hybridized carbons (Fsp3) is 0.571. The van der Waals surface area contributed by atoms with Gasteiger partial charge in [0, 0.05) is 18.7 Å². The maximum absolute atomic E-state index is 11.0. The lowest BCUT2D eigenvalue weighted by molar-refractivity contribution is -0.384. The molecule has 0 atom stereocenters. The number of benzene rings is 1.